The van der Waals surface area contributed by atoms with Crippen LogP contribution in [0.4, 0.5) is 10.1 Å². The van der Waals surface area contributed by atoms with Gasteiger partial charge >= 0.3 is 198 Å². The van der Waals surface area contributed by atoms with Gasteiger partial charge in [0.05, 0.1) is 0 Å². The normalized spacial score (nSPS) is 19.2. The van der Waals surface area contributed by atoms with Gasteiger partial charge < -0.3 is 0 Å². The van der Waals surface area contributed by atoms with Gasteiger partial charge in [0.15, 0.2) is 0 Å². The Balaban J connectivity index is 0.00000156. The predicted molar refractivity (Wildman–Crippen MR) is 159 cm³/mol. The molecule has 0 radical (unpaired) electrons. The number of benzene rings is 2. The number of fused-ring (bicyclic) bond motifs is 2. The van der Waals surface area contributed by atoms with Crippen molar-refractivity contribution in [2.45, 2.75) is 40.0 Å². The van der Waals surface area contributed by atoms with Crippen molar-refractivity contribution >= 4 is 40.0 Å². The number of amides is 1. The second kappa shape index (κ2) is 11.1. The fraction of sp³-hybridized carbons (Fsp3) is 0.276. The van der Waals surface area contributed by atoms with E-state index in [1.807, 2.05) is 32.9 Å². The molecule has 8 heteroatoms. The van der Waals surface area contributed by atoms with E-state index in [9.17, 15) is 9.18 Å². The molecule has 0 fully saturated rings. The van der Waals surface area contributed by atoms with Gasteiger partial charge in [-0.15, -0.1) is 0 Å². The standard InChI is InChI=1S/C27H28FIN4O2.C2H6/c1-16-12-20(13-19-6-9-24(34)33-25(16)19)17(2)31-11-10-22-14-23-27(35-15-29(23,3)30)26(32-22)18-4-7-21(28)8-5-18;1-2/h4-5,7-8,12-14,31H,2-3,6,9-11,15,30H2,1H3,(H,33,34);1-2H3. The summed E-state index contributed by atoms with van der Waals surface area (Å²) in [5.41, 5.74) is 7.25. The zero-order valence-electron chi connectivity index (χ0n) is 21.6. The number of anilines is 1. The number of pyridine rings is 1. The van der Waals surface area contributed by atoms with Gasteiger partial charge in [0.25, 0.3) is 0 Å². The van der Waals surface area contributed by atoms with Crippen LogP contribution >= 0.6 is 18.2 Å². The number of carbonyl (C=O) groups is 1. The second-order valence-electron chi connectivity index (χ2n) is 8.94. The maximum atomic E-state index is 13.5. The number of aromatic nitrogens is 1. The number of nitrogens with zero attached hydrogens (tertiary/aromatic N) is 1. The minimum atomic E-state index is -2.93. The number of alkyl halides is 1. The predicted octanol–water partition coefficient (Wildman–Crippen LogP) is 5.78. The molecule has 0 saturated carbocycles. The first-order chi connectivity index (χ1) is 17.7. The van der Waals surface area contributed by atoms with Gasteiger partial charge in [0, 0.05) is 0 Å². The number of halogens is 2. The molecule has 6 nitrogen and oxygen atoms in total. The number of hydrogen-bond donors (Lipinski definition) is 3. The minimum Gasteiger partial charge on any atom is -0.275 e. The first-order valence-corrected chi connectivity index (χ1v) is 17.7. The Bertz CT molecular complexity index is 1400. The summed E-state index contributed by atoms with van der Waals surface area (Å²) < 4.78 is 31.7. The van der Waals surface area contributed by atoms with Crippen LogP contribution in [0.25, 0.3) is 17.0 Å². The van der Waals surface area contributed by atoms with E-state index >= 15 is 0 Å². The molecule has 1 atom stereocenters. The van der Waals surface area contributed by atoms with Gasteiger partial charge in [-0.2, -0.15) is 0 Å². The summed E-state index contributed by atoms with van der Waals surface area (Å²) in [6.07, 6.45) is 1.88. The number of carbonyl (C=O) groups excluding carboxylic acids is 1. The van der Waals surface area contributed by atoms with Crippen LogP contribution in [0.15, 0.2) is 49.0 Å². The van der Waals surface area contributed by atoms with E-state index in [-0.39, 0.29) is 11.7 Å². The van der Waals surface area contributed by atoms with Crippen LogP contribution in [0, 0.1) is 16.3 Å². The molecule has 5 rings (SSSR count). The number of rotatable bonds is 6. The number of nitrogens with two attached hydrogens (primary N) is 1. The molecule has 2 aromatic carbocycles. The first kappa shape index (κ1) is 26.9. The topological polar surface area (TPSA) is 89.3 Å². The van der Waals surface area contributed by atoms with Gasteiger partial charge in [-0.3, -0.25) is 4.79 Å². The first-order valence-electron chi connectivity index (χ1n) is 12.3. The molecule has 3 heterocycles. The summed E-state index contributed by atoms with van der Waals surface area (Å²) in [5.74, 6) is 0.445. The molecule has 37 heavy (non-hydrogen) atoms. The Kier molecular flexibility index (Phi) is 8.08. The molecule has 0 spiro atoms. The SMILES string of the molecule is C=C(NCCc1cc2c(c(-c3ccc(F)cc3)n1)OCI2(=C)N)c1cc(C)c2c(c1)CCC(=O)N2.CC. The monoisotopic (exact) mass is 616 g/mol. The molecule has 2 aliphatic heterocycles. The molecule has 1 amide bonds. The van der Waals surface area contributed by atoms with E-state index in [2.05, 4.69) is 27.8 Å². The minimum absolute atomic E-state index is 0.0605. The molecule has 1 unspecified atom stereocenters. The molecule has 3 aromatic rings. The fourth-order valence-corrected chi connectivity index (χ4v) is 7.98. The maximum absolute atomic E-state index is 13.5. The van der Waals surface area contributed by atoms with Gasteiger partial charge in [-0.1, -0.05) is 13.8 Å². The van der Waals surface area contributed by atoms with Gasteiger partial charge in [0.1, 0.15) is 0 Å². The molecular weight excluding hydrogens is 582 g/mol. The number of nitrogens with one attached hydrogen (secondary N) is 2. The van der Waals surface area contributed by atoms with E-state index in [4.69, 9.17) is 13.7 Å². The summed E-state index contributed by atoms with van der Waals surface area (Å²) in [4.78, 5) is 16.6. The van der Waals surface area contributed by atoms with Crippen LogP contribution in [0.2, 0.25) is 0 Å². The van der Waals surface area contributed by atoms with Crippen molar-refractivity contribution in [3.63, 3.8) is 0 Å². The van der Waals surface area contributed by atoms with Crippen molar-refractivity contribution in [2.24, 2.45) is 3.95 Å². The molecule has 0 aliphatic carbocycles. The van der Waals surface area contributed by atoms with E-state index in [1.54, 1.807) is 12.1 Å². The Labute approximate surface area is 221 Å². The van der Waals surface area contributed by atoms with Crippen LogP contribution < -0.4 is 19.3 Å². The third kappa shape index (κ3) is 5.75. The van der Waals surface area contributed by atoms with Gasteiger partial charge in [-0.05, 0) is 0 Å². The van der Waals surface area contributed by atoms with Crippen molar-refractivity contribution in [3.05, 3.63) is 80.8 Å². The molecule has 0 bridgehead atoms. The number of hydrogen-bond acceptors (Lipinski definition) is 5. The van der Waals surface area contributed by atoms with Crippen molar-refractivity contribution in [3.8, 4) is 17.0 Å². The van der Waals surface area contributed by atoms with Crippen molar-refractivity contribution in [2.75, 3.05) is 16.5 Å². The van der Waals surface area contributed by atoms with Crippen molar-refractivity contribution in [1.82, 2.24) is 10.3 Å². The van der Waals surface area contributed by atoms with Crippen LogP contribution in [0.5, 0.6) is 5.75 Å². The Hall–Kier alpha value is -3.11. The van der Waals surface area contributed by atoms with Crippen molar-refractivity contribution < 1.29 is 13.9 Å². The third-order valence-corrected chi connectivity index (χ3v) is 10.8. The van der Waals surface area contributed by atoms with Gasteiger partial charge in [-0.25, -0.2) is 0 Å². The Morgan fingerprint density at radius 1 is 1.22 bits per heavy atom. The third-order valence-electron chi connectivity index (χ3n) is 6.27. The van der Waals surface area contributed by atoms with Crippen LogP contribution in [-0.4, -0.2) is 26.6 Å². The zero-order chi connectivity index (χ0) is 26.7. The van der Waals surface area contributed by atoms with Crippen molar-refractivity contribution in [1.29, 1.82) is 0 Å². The quantitative estimate of drug-likeness (QED) is 0.186. The molecule has 0 saturated heterocycles. The summed E-state index contributed by atoms with van der Waals surface area (Å²) in [6, 6.07) is 12.4. The van der Waals surface area contributed by atoms with Gasteiger partial charge in [0.2, 0.25) is 5.91 Å². The average Bonchev–Trinajstić information content (AvgIpc) is 3.20. The Morgan fingerprint density at radius 2 is 1.95 bits per heavy atom. The summed E-state index contributed by atoms with van der Waals surface area (Å²) in [7, 11) is 0. The van der Waals surface area contributed by atoms with Crippen LogP contribution in [0.1, 0.15) is 42.7 Å². The second-order valence-corrected chi connectivity index (χ2v) is 15.7. The molecule has 196 valence electrons. The Morgan fingerprint density at radius 3 is 2.68 bits per heavy atom. The molecule has 2 aliphatic rings. The molecule has 1 aromatic heterocycles. The molecular formula is C29H34FIN4O2. The van der Waals surface area contributed by atoms with Crippen LogP contribution in [0.3, 0.4) is 0 Å². The number of ether oxygens (including phenoxy) is 1. The summed E-state index contributed by atoms with van der Waals surface area (Å²) >= 11 is -2.93. The van der Waals surface area contributed by atoms with E-state index in [0.717, 1.165) is 49.3 Å². The van der Waals surface area contributed by atoms with E-state index in [0.29, 0.717) is 35.4 Å². The van der Waals surface area contributed by atoms with E-state index < -0.39 is 18.2 Å². The summed E-state index contributed by atoms with van der Waals surface area (Å²) in [6.45, 7) is 10.8. The number of aryl methyl sites for hydroxylation is 2. The van der Waals surface area contributed by atoms with E-state index in [1.165, 1.54) is 12.1 Å². The average molecular weight is 617 g/mol. The molecule has 4 N–H and O–H groups in total. The zero-order valence-corrected chi connectivity index (χ0v) is 23.7. The smallest absolute Gasteiger partial charge is 0.275 e. The summed E-state index contributed by atoms with van der Waals surface area (Å²) in [5, 5.41) is 6.38. The van der Waals surface area contributed by atoms with Crippen LogP contribution in [-0.2, 0) is 17.6 Å². The fourth-order valence-electron chi connectivity index (χ4n) is 4.41.